The number of hydrogen-bond donors (Lipinski definition) is 2. The van der Waals surface area contributed by atoms with Crippen LogP contribution in [-0.4, -0.2) is 39.6 Å². The van der Waals surface area contributed by atoms with Crippen molar-refractivity contribution >= 4 is 23.4 Å². The van der Waals surface area contributed by atoms with E-state index in [2.05, 4.69) is 39.2 Å². The highest BCUT2D eigenvalue weighted by atomic mass is 32.2. The number of benzene rings is 1. The number of hydrogen-bond acceptors (Lipinski definition) is 6. The first-order chi connectivity index (χ1) is 15.0. The predicted octanol–water partition coefficient (Wildman–Crippen LogP) is 4.66. The van der Waals surface area contributed by atoms with Gasteiger partial charge in [-0.05, 0) is 37.8 Å². The fraction of sp³-hybridized carbons (Fsp3) is 0.609. The monoisotopic (exact) mass is 445 g/mol. The van der Waals surface area contributed by atoms with E-state index >= 15 is 0 Å². The zero-order valence-corrected chi connectivity index (χ0v) is 19.9. The van der Waals surface area contributed by atoms with Gasteiger partial charge in [-0.3, -0.25) is 4.79 Å². The molecule has 0 radical (unpaired) electrons. The van der Waals surface area contributed by atoms with Crippen LogP contribution in [0.15, 0.2) is 29.4 Å². The molecule has 1 heterocycles. The molecular weight excluding hydrogens is 410 g/mol. The van der Waals surface area contributed by atoms with Crippen molar-refractivity contribution in [2.24, 2.45) is 5.92 Å². The minimum atomic E-state index is -0.218. The Balaban J connectivity index is 1.74. The van der Waals surface area contributed by atoms with Gasteiger partial charge in [-0.2, -0.15) is 0 Å². The molecule has 1 aliphatic rings. The predicted molar refractivity (Wildman–Crippen MR) is 126 cm³/mol. The summed E-state index contributed by atoms with van der Waals surface area (Å²) in [4.78, 5) is 12.5. The topological polar surface area (TPSA) is 81.1 Å². The van der Waals surface area contributed by atoms with Crippen LogP contribution in [-0.2, 0) is 11.3 Å². The average Bonchev–Trinajstić information content (AvgIpc) is 3.18. The SMILES string of the molecule is COc1cccc(NCc2nnc(SC(C)C(=O)NCC(C)C)n2C2CCCCC2)c1. The number of nitrogens with one attached hydrogen (secondary N) is 2. The number of thioether (sulfide) groups is 1. The number of nitrogens with zero attached hydrogens (tertiary/aromatic N) is 3. The van der Waals surface area contributed by atoms with E-state index in [1.165, 1.54) is 31.0 Å². The molecule has 8 heteroatoms. The number of carbonyl (C=O) groups excluding carboxylic acids is 1. The molecule has 3 rings (SSSR count). The summed E-state index contributed by atoms with van der Waals surface area (Å²) in [5.41, 5.74) is 0.980. The molecule has 0 aliphatic heterocycles. The van der Waals surface area contributed by atoms with Gasteiger partial charge in [0.25, 0.3) is 0 Å². The number of aromatic nitrogens is 3. The summed E-state index contributed by atoms with van der Waals surface area (Å²) in [6, 6.07) is 8.26. The zero-order chi connectivity index (χ0) is 22.2. The van der Waals surface area contributed by atoms with Crippen molar-refractivity contribution in [1.29, 1.82) is 0 Å². The summed E-state index contributed by atoms with van der Waals surface area (Å²) in [6.45, 7) is 7.40. The summed E-state index contributed by atoms with van der Waals surface area (Å²) in [5.74, 6) is 2.21. The van der Waals surface area contributed by atoms with Gasteiger partial charge in [0.15, 0.2) is 11.0 Å². The van der Waals surface area contributed by atoms with Crippen LogP contribution in [0.2, 0.25) is 0 Å². The van der Waals surface area contributed by atoms with E-state index in [1.54, 1.807) is 7.11 Å². The van der Waals surface area contributed by atoms with Gasteiger partial charge in [-0.1, -0.05) is 50.9 Å². The molecular formula is C23H35N5O2S. The largest absolute Gasteiger partial charge is 0.497 e. The van der Waals surface area contributed by atoms with Gasteiger partial charge in [-0.25, -0.2) is 0 Å². The summed E-state index contributed by atoms with van der Waals surface area (Å²) in [6.07, 6.45) is 5.99. The molecule has 1 aromatic carbocycles. The van der Waals surface area contributed by atoms with Crippen LogP contribution in [0, 0.1) is 5.92 Å². The second-order valence-electron chi connectivity index (χ2n) is 8.55. The number of amides is 1. The Morgan fingerprint density at radius 3 is 2.71 bits per heavy atom. The maximum atomic E-state index is 12.5. The molecule has 2 N–H and O–H groups in total. The zero-order valence-electron chi connectivity index (χ0n) is 19.1. The van der Waals surface area contributed by atoms with E-state index in [0.717, 1.165) is 35.3 Å². The van der Waals surface area contributed by atoms with E-state index in [9.17, 15) is 4.79 Å². The highest BCUT2D eigenvalue weighted by Gasteiger charge is 2.25. The smallest absolute Gasteiger partial charge is 0.233 e. The lowest BCUT2D eigenvalue weighted by Crippen LogP contribution is -2.33. The molecule has 1 aromatic heterocycles. The van der Waals surface area contributed by atoms with Crippen LogP contribution >= 0.6 is 11.8 Å². The molecule has 1 saturated carbocycles. The molecule has 0 saturated heterocycles. The van der Waals surface area contributed by atoms with Crippen molar-refractivity contribution in [2.75, 3.05) is 19.0 Å². The van der Waals surface area contributed by atoms with Gasteiger partial charge in [0.05, 0.1) is 18.9 Å². The minimum absolute atomic E-state index is 0.0490. The highest BCUT2D eigenvalue weighted by molar-refractivity contribution is 8.00. The number of carbonyl (C=O) groups is 1. The Hall–Kier alpha value is -2.22. The van der Waals surface area contributed by atoms with E-state index in [0.29, 0.717) is 25.0 Å². The van der Waals surface area contributed by atoms with Crippen molar-refractivity contribution < 1.29 is 9.53 Å². The third-order valence-corrected chi connectivity index (χ3v) is 6.59. The van der Waals surface area contributed by atoms with Gasteiger partial charge in [-0.15, -0.1) is 10.2 Å². The van der Waals surface area contributed by atoms with E-state index in [4.69, 9.17) is 4.74 Å². The van der Waals surface area contributed by atoms with Gasteiger partial charge >= 0.3 is 0 Å². The lowest BCUT2D eigenvalue weighted by atomic mass is 9.95. The fourth-order valence-corrected chi connectivity index (χ4v) is 4.75. The van der Waals surface area contributed by atoms with Crippen LogP contribution in [0.3, 0.4) is 0 Å². The van der Waals surface area contributed by atoms with Gasteiger partial charge in [0.1, 0.15) is 5.75 Å². The lowest BCUT2D eigenvalue weighted by molar-refractivity contribution is -0.120. The van der Waals surface area contributed by atoms with Crippen molar-refractivity contribution in [3.05, 3.63) is 30.1 Å². The van der Waals surface area contributed by atoms with Crippen LogP contribution in [0.25, 0.3) is 0 Å². The van der Waals surface area contributed by atoms with Gasteiger partial charge in [0.2, 0.25) is 5.91 Å². The Morgan fingerprint density at radius 1 is 1.23 bits per heavy atom. The summed E-state index contributed by atoms with van der Waals surface area (Å²) >= 11 is 1.50. The maximum Gasteiger partial charge on any atom is 0.233 e. The van der Waals surface area contributed by atoms with Crippen LogP contribution in [0.4, 0.5) is 5.69 Å². The van der Waals surface area contributed by atoms with E-state index in [-0.39, 0.29) is 11.2 Å². The Morgan fingerprint density at radius 2 is 2.00 bits per heavy atom. The first-order valence-corrected chi connectivity index (χ1v) is 12.1. The van der Waals surface area contributed by atoms with Crippen molar-refractivity contribution in [3.63, 3.8) is 0 Å². The summed E-state index contributed by atoms with van der Waals surface area (Å²) in [7, 11) is 1.67. The van der Waals surface area contributed by atoms with Crippen molar-refractivity contribution in [3.8, 4) is 5.75 Å². The first kappa shape index (κ1) is 23.4. The van der Waals surface area contributed by atoms with Crippen molar-refractivity contribution in [2.45, 2.75) is 75.9 Å². The molecule has 0 spiro atoms. The number of methoxy groups -OCH3 is 1. The van der Waals surface area contributed by atoms with Crippen LogP contribution in [0.5, 0.6) is 5.75 Å². The Labute approximate surface area is 189 Å². The molecule has 1 atom stereocenters. The second-order valence-corrected chi connectivity index (χ2v) is 9.85. The number of anilines is 1. The minimum Gasteiger partial charge on any atom is -0.497 e. The molecule has 7 nitrogen and oxygen atoms in total. The third-order valence-electron chi connectivity index (χ3n) is 5.53. The summed E-state index contributed by atoms with van der Waals surface area (Å²) in [5, 5.41) is 16.1. The van der Waals surface area contributed by atoms with E-state index in [1.807, 2.05) is 31.2 Å². The molecule has 1 aliphatic carbocycles. The first-order valence-electron chi connectivity index (χ1n) is 11.2. The lowest BCUT2D eigenvalue weighted by Gasteiger charge is -2.26. The average molecular weight is 446 g/mol. The van der Waals surface area contributed by atoms with Crippen LogP contribution in [0.1, 0.15) is 64.7 Å². The van der Waals surface area contributed by atoms with Crippen LogP contribution < -0.4 is 15.4 Å². The molecule has 2 aromatic rings. The number of rotatable bonds is 10. The Kier molecular flexibility index (Phi) is 8.63. The molecule has 31 heavy (non-hydrogen) atoms. The number of ether oxygens (including phenoxy) is 1. The van der Waals surface area contributed by atoms with Gasteiger partial charge in [0, 0.05) is 24.3 Å². The quantitative estimate of drug-likeness (QED) is 0.518. The van der Waals surface area contributed by atoms with Gasteiger partial charge < -0.3 is 19.9 Å². The maximum absolute atomic E-state index is 12.5. The molecule has 1 unspecified atom stereocenters. The molecule has 1 amide bonds. The molecule has 0 bridgehead atoms. The summed E-state index contributed by atoms with van der Waals surface area (Å²) < 4.78 is 7.58. The molecule has 1 fully saturated rings. The standard InChI is InChI=1S/C23H35N5O2S/c1-16(2)14-25-22(29)17(3)31-23-27-26-21(28(23)19-10-6-5-7-11-19)15-24-18-9-8-12-20(13-18)30-4/h8-9,12-13,16-17,19,24H,5-7,10-11,14-15H2,1-4H3,(H,25,29). The molecule has 170 valence electrons. The Bertz CT molecular complexity index is 848. The fourth-order valence-electron chi connectivity index (χ4n) is 3.79. The second kappa shape index (κ2) is 11.4. The normalized spacial score (nSPS) is 15.6. The highest BCUT2D eigenvalue weighted by Crippen LogP contribution is 2.34. The van der Waals surface area contributed by atoms with Crippen molar-refractivity contribution in [1.82, 2.24) is 20.1 Å². The third kappa shape index (κ3) is 6.63. The van der Waals surface area contributed by atoms with E-state index < -0.39 is 0 Å².